The van der Waals surface area contributed by atoms with Crippen LogP contribution in [-0.2, 0) is 6.18 Å². The summed E-state index contributed by atoms with van der Waals surface area (Å²) in [6.45, 7) is 0. The average Bonchev–Trinajstić information content (AvgIpc) is 2.81. The maximum absolute atomic E-state index is 12.6. The maximum atomic E-state index is 12.6. The van der Waals surface area contributed by atoms with Crippen molar-refractivity contribution >= 4 is 44.7 Å². The van der Waals surface area contributed by atoms with Gasteiger partial charge in [-0.05, 0) is 18.2 Å². The van der Waals surface area contributed by atoms with Crippen molar-refractivity contribution in [3.05, 3.63) is 44.9 Å². The summed E-state index contributed by atoms with van der Waals surface area (Å²) in [5, 5.41) is 13.3. The smallest absolute Gasteiger partial charge is 0.269 e. The SMILES string of the molecule is N#C[s+]1cc(C(F)(F)F)nc1NC(=O)c1ccc(Cl)cc1Cl. The van der Waals surface area contributed by atoms with Crippen LogP contribution in [0.25, 0.3) is 0 Å². The molecule has 1 amide bonds. The van der Waals surface area contributed by atoms with Crippen molar-refractivity contribution in [3.63, 3.8) is 0 Å². The molecule has 10 heteroatoms. The number of nitrogens with one attached hydrogen (secondary N) is 1. The third kappa shape index (κ3) is 3.50. The Labute approximate surface area is 135 Å². The van der Waals surface area contributed by atoms with Gasteiger partial charge in [-0.1, -0.05) is 23.2 Å². The van der Waals surface area contributed by atoms with E-state index in [0.29, 0.717) is 10.4 Å². The molecule has 0 bridgehead atoms. The van der Waals surface area contributed by atoms with Gasteiger partial charge in [0.15, 0.2) is 5.38 Å². The van der Waals surface area contributed by atoms with Crippen molar-refractivity contribution in [2.45, 2.75) is 6.18 Å². The van der Waals surface area contributed by atoms with Gasteiger partial charge < -0.3 is 0 Å². The zero-order chi connectivity index (χ0) is 16.5. The molecule has 22 heavy (non-hydrogen) atoms. The normalized spacial score (nSPS) is 11.9. The fraction of sp³-hybridized carbons (Fsp3) is 0.0833. The molecule has 0 aliphatic carbocycles. The lowest BCUT2D eigenvalue weighted by atomic mass is 10.2. The van der Waals surface area contributed by atoms with Gasteiger partial charge in [0.1, 0.15) is 10.5 Å². The molecule has 4 nitrogen and oxygen atoms in total. The molecule has 0 saturated carbocycles. The van der Waals surface area contributed by atoms with Gasteiger partial charge in [-0.3, -0.25) is 10.1 Å². The molecule has 0 aliphatic rings. The zero-order valence-electron chi connectivity index (χ0n) is 10.4. The third-order valence-corrected chi connectivity index (χ3v) is 4.26. The molecule has 1 aromatic heterocycles. The monoisotopic (exact) mass is 366 g/mol. The number of carbonyl (C=O) groups excluding carboxylic acids is 1. The minimum Gasteiger partial charge on any atom is -0.269 e. The van der Waals surface area contributed by atoms with Crippen molar-refractivity contribution < 1.29 is 18.0 Å². The summed E-state index contributed by atoms with van der Waals surface area (Å²) in [6, 6.07) is 4.04. The Balaban J connectivity index is 2.32. The molecule has 0 spiro atoms. The fourth-order valence-corrected chi connectivity index (χ4v) is 3.03. The Morgan fingerprint density at radius 1 is 1.36 bits per heavy atom. The summed E-state index contributed by atoms with van der Waals surface area (Å²) in [5.41, 5.74) is -1.20. The minimum absolute atomic E-state index is 0.00992. The Morgan fingerprint density at radius 2 is 2.05 bits per heavy atom. The number of anilines is 1. The van der Waals surface area contributed by atoms with E-state index < -0.39 is 28.2 Å². The van der Waals surface area contributed by atoms with Crippen LogP contribution in [0.4, 0.5) is 18.3 Å². The number of hydrogen-bond donors (Lipinski definition) is 1. The standard InChI is InChI=1S/C12H4Cl2F3N3OS/c13-6-1-2-7(8(14)3-6)10(21)20-11-19-9(12(15,16)17)4-22(11)5-18/h1-4H/p+1. The first-order valence-electron chi connectivity index (χ1n) is 5.49. The van der Waals surface area contributed by atoms with E-state index in [1.807, 2.05) is 0 Å². The second-order valence-corrected chi connectivity index (χ2v) is 6.25. The summed E-state index contributed by atoms with van der Waals surface area (Å²) in [5.74, 6) is -0.773. The van der Waals surface area contributed by atoms with Crippen LogP contribution in [0.5, 0.6) is 0 Å². The first-order valence-corrected chi connectivity index (χ1v) is 7.53. The predicted octanol–water partition coefficient (Wildman–Crippen LogP) is 4.74. The van der Waals surface area contributed by atoms with Crippen LogP contribution in [0.3, 0.4) is 0 Å². The lowest BCUT2D eigenvalue weighted by Gasteiger charge is -2.02. The van der Waals surface area contributed by atoms with Crippen LogP contribution in [0, 0.1) is 10.7 Å². The van der Waals surface area contributed by atoms with E-state index in [-0.39, 0.29) is 15.7 Å². The molecule has 114 valence electrons. The van der Waals surface area contributed by atoms with Crippen molar-refractivity contribution in [2.75, 3.05) is 5.32 Å². The number of rotatable bonds is 2. The molecule has 2 aromatic rings. The van der Waals surface area contributed by atoms with Gasteiger partial charge in [0.25, 0.3) is 5.91 Å². The molecule has 0 aliphatic heterocycles. The number of alkyl halides is 3. The van der Waals surface area contributed by atoms with Gasteiger partial charge in [0.2, 0.25) is 5.69 Å². The molecule has 0 saturated heterocycles. The highest BCUT2D eigenvalue weighted by Gasteiger charge is 2.39. The first-order chi connectivity index (χ1) is 10.2. The number of nitrogens with zero attached hydrogens (tertiary/aromatic N) is 2. The minimum atomic E-state index is -4.69. The Kier molecular flexibility index (Phi) is 4.60. The van der Waals surface area contributed by atoms with Crippen LogP contribution in [0.2, 0.25) is 10.0 Å². The van der Waals surface area contributed by atoms with Crippen LogP contribution in [0.15, 0.2) is 23.6 Å². The van der Waals surface area contributed by atoms with Gasteiger partial charge in [0, 0.05) is 5.02 Å². The van der Waals surface area contributed by atoms with Crippen molar-refractivity contribution in [1.82, 2.24) is 4.98 Å². The number of halogens is 5. The van der Waals surface area contributed by atoms with Gasteiger partial charge >= 0.3 is 16.7 Å². The highest BCUT2D eigenvalue weighted by molar-refractivity contribution is 7.39. The summed E-state index contributed by atoms with van der Waals surface area (Å²) < 4.78 is 37.8. The average molecular weight is 367 g/mol. The highest BCUT2D eigenvalue weighted by Crippen LogP contribution is 2.37. The summed E-state index contributed by atoms with van der Waals surface area (Å²) >= 11 is 11.5. The molecular weight excluding hydrogens is 362 g/mol. The lowest BCUT2D eigenvalue weighted by Crippen LogP contribution is -2.13. The molecule has 0 radical (unpaired) electrons. The summed E-state index contributed by atoms with van der Waals surface area (Å²) in [7, 11) is -1.58. The van der Waals surface area contributed by atoms with Gasteiger partial charge in [0.05, 0.1) is 10.6 Å². The van der Waals surface area contributed by atoms with E-state index in [1.54, 1.807) is 5.40 Å². The van der Waals surface area contributed by atoms with Gasteiger partial charge in [-0.25, -0.2) is 0 Å². The molecule has 1 unspecified atom stereocenters. The number of aromatic nitrogens is 1. The topological polar surface area (TPSA) is 65.8 Å². The van der Waals surface area contributed by atoms with E-state index in [4.69, 9.17) is 28.5 Å². The number of benzene rings is 1. The van der Waals surface area contributed by atoms with Crippen molar-refractivity contribution in [2.24, 2.45) is 0 Å². The van der Waals surface area contributed by atoms with E-state index in [0.717, 1.165) is 0 Å². The maximum Gasteiger partial charge on any atom is 0.438 e. The first kappa shape index (κ1) is 16.5. The molecule has 0 fully saturated rings. The van der Waals surface area contributed by atoms with Crippen LogP contribution >= 0.6 is 33.7 Å². The van der Waals surface area contributed by atoms with E-state index >= 15 is 0 Å². The molecule has 1 N–H and O–H groups in total. The Bertz CT molecular complexity index is 783. The summed E-state index contributed by atoms with van der Waals surface area (Å²) in [6.07, 6.45) is -4.69. The van der Waals surface area contributed by atoms with Crippen molar-refractivity contribution in [1.29, 1.82) is 5.26 Å². The van der Waals surface area contributed by atoms with Crippen LogP contribution in [-0.4, -0.2) is 10.9 Å². The Morgan fingerprint density at radius 3 is 2.59 bits per heavy atom. The Hall–Kier alpha value is -1.82. The predicted molar refractivity (Wildman–Crippen MR) is 77.1 cm³/mol. The lowest BCUT2D eigenvalue weighted by molar-refractivity contribution is -0.140. The molecule has 2 rings (SSSR count). The number of nitriles is 1. The molecule has 1 heterocycles. The highest BCUT2D eigenvalue weighted by atomic mass is 35.5. The van der Waals surface area contributed by atoms with Gasteiger partial charge in [-0.2, -0.15) is 18.2 Å². The fourth-order valence-electron chi connectivity index (χ4n) is 1.47. The van der Waals surface area contributed by atoms with Crippen LogP contribution < -0.4 is 5.32 Å². The third-order valence-electron chi connectivity index (χ3n) is 2.44. The number of amides is 1. The van der Waals surface area contributed by atoms with Gasteiger partial charge in [-0.15, -0.1) is 5.26 Å². The molecular formula is C12H5Cl2F3N3OS+. The molecule has 1 atom stereocenters. The number of hydrogen-bond acceptors (Lipinski definition) is 3. The zero-order valence-corrected chi connectivity index (χ0v) is 12.7. The quantitative estimate of drug-likeness (QED) is 0.780. The largest absolute Gasteiger partial charge is 0.438 e. The van der Waals surface area contributed by atoms with E-state index in [9.17, 15) is 18.0 Å². The van der Waals surface area contributed by atoms with Crippen LogP contribution in [0.1, 0.15) is 16.1 Å². The second-order valence-electron chi connectivity index (χ2n) is 3.93. The molecule has 1 aromatic carbocycles. The van der Waals surface area contributed by atoms with Crippen molar-refractivity contribution in [3.8, 4) is 5.40 Å². The second kappa shape index (κ2) is 6.12. The number of carbonyl (C=O) groups is 1. The van der Waals surface area contributed by atoms with E-state index in [1.165, 1.54) is 18.2 Å². The summed E-state index contributed by atoms with van der Waals surface area (Å²) in [4.78, 5) is 15.3. The van der Waals surface area contributed by atoms with E-state index in [2.05, 4.69) is 10.3 Å². The number of thiazole rings is 1.